The van der Waals surface area contributed by atoms with Crippen LogP contribution < -0.4 is 0 Å². The van der Waals surface area contributed by atoms with E-state index < -0.39 is 0 Å². The summed E-state index contributed by atoms with van der Waals surface area (Å²) in [6.45, 7) is 13.7. The molecular weight excluding hydrogens is 156 g/mol. The molecular formula is C13H26. The summed E-state index contributed by atoms with van der Waals surface area (Å²) in [5.41, 5.74) is 1.53. The van der Waals surface area contributed by atoms with Gasteiger partial charge >= 0.3 is 0 Å². The highest BCUT2D eigenvalue weighted by atomic mass is 14.2. The first-order valence-electron chi connectivity index (χ1n) is 5.59. The molecule has 0 nitrogen and oxygen atoms in total. The molecule has 0 aromatic carbocycles. The Hall–Kier alpha value is -0.260. The summed E-state index contributed by atoms with van der Waals surface area (Å²) in [4.78, 5) is 0. The number of hydrogen-bond donors (Lipinski definition) is 0. The van der Waals surface area contributed by atoms with Gasteiger partial charge in [0.15, 0.2) is 0 Å². The fourth-order valence-corrected chi connectivity index (χ4v) is 1.66. The van der Waals surface area contributed by atoms with Gasteiger partial charge in [-0.15, -0.1) is 0 Å². The average molecular weight is 182 g/mol. The maximum atomic E-state index is 2.37. The summed E-state index contributed by atoms with van der Waals surface area (Å²) in [5, 5.41) is 0. The van der Waals surface area contributed by atoms with E-state index in [1.807, 2.05) is 0 Å². The molecule has 0 saturated carbocycles. The van der Waals surface area contributed by atoms with E-state index in [1.54, 1.807) is 0 Å². The van der Waals surface area contributed by atoms with Crippen molar-refractivity contribution in [3.63, 3.8) is 0 Å². The van der Waals surface area contributed by atoms with Gasteiger partial charge in [-0.25, -0.2) is 0 Å². The molecule has 0 heterocycles. The van der Waals surface area contributed by atoms with E-state index in [-0.39, 0.29) is 0 Å². The fourth-order valence-electron chi connectivity index (χ4n) is 1.66. The van der Waals surface area contributed by atoms with Crippen LogP contribution >= 0.6 is 0 Å². The zero-order valence-corrected chi connectivity index (χ0v) is 10.2. The Morgan fingerprint density at radius 2 is 1.69 bits per heavy atom. The maximum Gasteiger partial charge on any atom is -0.0297 e. The third kappa shape index (κ3) is 5.90. The van der Waals surface area contributed by atoms with Crippen LogP contribution in [0.15, 0.2) is 11.6 Å². The summed E-state index contributed by atoms with van der Waals surface area (Å²) in [5.74, 6) is 2.53. The molecule has 0 N–H and O–H groups in total. The van der Waals surface area contributed by atoms with Crippen LogP contribution in [0.5, 0.6) is 0 Å². The highest BCUT2D eigenvalue weighted by Crippen LogP contribution is 2.23. The zero-order valence-electron chi connectivity index (χ0n) is 10.2. The van der Waals surface area contributed by atoms with Gasteiger partial charge in [-0.2, -0.15) is 0 Å². The molecule has 0 spiro atoms. The van der Waals surface area contributed by atoms with Gasteiger partial charge in [0.2, 0.25) is 0 Å². The minimum absolute atomic E-state index is 0.827. The van der Waals surface area contributed by atoms with Crippen molar-refractivity contribution >= 4 is 0 Å². The van der Waals surface area contributed by atoms with Gasteiger partial charge in [-0.3, -0.25) is 0 Å². The van der Waals surface area contributed by atoms with Crippen LogP contribution in [0.4, 0.5) is 0 Å². The lowest BCUT2D eigenvalue weighted by atomic mass is 9.86. The van der Waals surface area contributed by atoms with Crippen LogP contribution in [0.25, 0.3) is 0 Å². The van der Waals surface area contributed by atoms with Gasteiger partial charge in [0.25, 0.3) is 0 Å². The first kappa shape index (κ1) is 12.7. The second-order valence-electron chi connectivity index (χ2n) is 4.90. The average Bonchev–Trinajstić information content (AvgIpc) is 2.03. The van der Waals surface area contributed by atoms with Crippen LogP contribution in [-0.2, 0) is 0 Å². The molecule has 0 rings (SSSR count). The second-order valence-corrected chi connectivity index (χ2v) is 4.90. The minimum Gasteiger partial charge on any atom is -0.0887 e. The molecule has 0 aliphatic heterocycles. The summed E-state index contributed by atoms with van der Waals surface area (Å²) in [6.07, 6.45) is 4.87. The topological polar surface area (TPSA) is 0 Å². The summed E-state index contributed by atoms with van der Waals surface area (Å²) >= 11 is 0. The second kappa shape index (κ2) is 6.23. The molecule has 0 aliphatic carbocycles. The van der Waals surface area contributed by atoms with Gasteiger partial charge in [-0.1, -0.05) is 39.3 Å². The minimum atomic E-state index is 0.827. The van der Waals surface area contributed by atoms with Crippen LogP contribution in [0, 0.1) is 17.8 Å². The van der Waals surface area contributed by atoms with Crippen molar-refractivity contribution in [1.82, 2.24) is 0 Å². The van der Waals surface area contributed by atoms with Crippen LogP contribution in [0.3, 0.4) is 0 Å². The molecule has 0 aliphatic rings. The lowest BCUT2D eigenvalue weighted by Crippen LogP contribution is -2.09. The Kier molecular flexibility index (Phi) is 6.11. The van der Waals surface area contributed by atoms with E-state index in [9.17, 15) is 0 Å². The van der Waals surface area contributed by atoms with Gasteiger partial charge in [0, 0.05) is 0 Å². The third-order valence-electron chi connectivity index (χ3n) is 3.08. The van der Waals surface area contributed by atoms with Crippen molar-refractivity contribution in [2.24, 2.45) is 17.8 Å². The monoisotopic (exact) mass is 182 g/mol. The predicted octanol–water partition coefficient (Wildman–Crippen LogP) is 4.66. The van der Waals surface area contributed by atoms with E-state index in [1.165, 1.54) is 18.4 Å². The smallest absolute Gasteiger partial charge is 0.0297 e. The molecule has 0 heteroatoms. The van der Waals surface area contributed by atoms with Gasteiger partial charge in [0.05, 0.1) is 0 Å². The molecule has 0 saturated heterocycles. The Bertz CT molecular complexity index is 153. The fraction of sp³-hybridized carbons (Fsp3) is 0.846. The Balaban J connectivity index is 3.80. The molecule has 2 unspecified atom stereocenters. The maximum absolute atomic E-state index is 2.37. The van der Waals surface area contributed by atoms with Crippen LogP contribution in [0.1, 0.15) is 54.4 Å². The molecule has 0 radical (unpaired) electrons. The van der Waals surface area contributed by atoms with Crippen molar-refractivity contribution in [3.8, 4) is 0 Å². The highest BCUT2D eigenvalue weighted by molar-refractivity contribution is 4.96. The summed E-state index contributed by atoms with van der Waals surface area (Å²) in [7, 11) is 0. The number of rotatable bonds is 5. The molecule has 2 atom stereocenters. The van der Waals surface area contributed by atoms with Crippen molar-refractivity contribution in [1.29, 1.82) is 0 Å². The predicted molar refractivity (Wildman–Crippen MR) is 61.8 cm³/mol. The van der Waals surface area contributed by atoms with Crippen LogP contribution in [-0.4, -0.2) is 0 Å². The SMILES string of the molecule is CC=C(C)CC(C)CC(C)C(C)C. The van der Waals surface area contributed by atoms with E-state index in [0.29, 0.717) is 0 Å². The van der Waals surface area contributed by atoms with E-state index in [0.717, 1.165) is 17.8 Å². The van der Waals surface area contributed by atoms with Crippen molar-refractivity contribution in [2.45, 2.75) is 54.4 Å². The summed E-state index contributed by atoms with van der Waals surface area (Å²) in [6, 6.07) is 0. The highest BCUT2D eigenvalue weighted by Gasteiger charge is 2.11. The molecule has 0 aromatic rings. The molecule has 0 bridgehead atoms. The van der Waals surface area contributed by atoms with E-state index in [2.05, 4.69) is 47.6 Å². The first-order chi connectivity index (χ1) is 5.97. The van der Waals surface area contributed by atoms with Gasteiger partial charge in [0.1, 0.15) is 0 Å². The van der Waals surface area contributed by atoms with Gasteiger partial charge < -0.3 is 0 Å². The zero-order chi connectivity index (χ0) is 10.4. The summed E-state index contributed by atoms with van der Waals surface area (Å²) < 4.78 is 0. The van der Waals surface area contributed by atoms with E-state index >= 15 is 0 Å². The van der Waals surface area contributed by atoms with Crippen molar-refractivity contribution < 1.29 is 0 Å². The van der Waals surface area contributed by atoms with Crippen molar-refractivity contribution in [3.05, 3.63) is 11.6 Å². The number of allylic oxidation sites excluding steroid dienone is 2. The van der Waals surface area contributed by atoms with E-state index in [4.69, 9.17) is 0 Å². The van der Waals surface area contributed by atoms with Gasteiger partial charge in [-0.05, 0) is 44.4 Å². The first-order valence-corrected chi connectivity index (χ1v) is 5.59. The quantitative estimate of drug-likeness (QED) is 0.542. The third-order valence-corrected chi connectivity index (χ3v) is 3.08. The molecule has 78 valence electrons. The normalized spacial score (nSPS) is 17.6. The lowest BCUT2D eigenvalue weighted by Gasteiger charge is -2.20. The Morgan fingerprint density at radius 3 is 2.08 bits per heavy atom. The number of hydrogen-bond acceptors (Lipinski definition) is 0. The largest absolute Gasteiger partial charge is 0.0887 e. The Labute approximate surface area is 84.4 Å². The molecule has 0 amide bonds. The Morgan fingerprint density at radius 1 is 1.15 bits per heavy atom. The molecule has 13 heavy (non-hydrogen) atoms. The standard InChI is InChI=1S/C13H26/c1-7-11(4)8-12(5)9-13(6)10(2)3/h7,10,12-13H,8-9H2,1-6H3. The molecule has 0 fully saturated rings. The lowest BCUT2D eigenvalue weighted by molar-refractivity contribution is 0.330. The van der Waals surface area contributed by atoms with Crippen molar-refractivity contribution in [2.75, 3.05) is 0 Å². The molecule has 0 aromatic heterocycles. The van der Waals surface area contributed by atoms with Crippen LogP contribution in [0.2, 0.25) is 0 Å².